The smallest absolute Gasteiger partial charge is 0.411 e. The summed E-state index contributed by atoms with van der Waals surface area (Å²) in [6.07, 6.45) is 6.05. The van der Waals surface area contributed by atoms with Gasteiger partial charge in [-0.05, 0) is 78.1 Å². The van der Waals surface area contributed by atoms with E-state index in [1.807, 2.05) is 70.5 Å². The molecule has 1 aromatic carbocycles. The number of aromatic nitrogens is 2. The first-order chi connectivity index (χ1) is 20.8. The van der Waals surface area contributed by atoms with E-state index in [4.69, 9.17) is 23.9 Å². The Kier molecular flexibility index (Phi) is 13.9. The second kappa shape index (κ2) is 16.6. The Morgan fingerprint density at radius 1 is 0.978 bits per heavy atom. The van der Waals surface area contributed by atoms with Crippen LogP contribution in [-0.4, -0.2) is 60.7 Å². The van der Waals surface area contributed by atoms with Crippen LogP contribution >= 0.6 is 0 Å². The van der Waals surface area contributed by atoms with Gasteiger partial charge in [0, 0.05) is 51.2 Å². The fraction of sp³-hybridized carbons (Fsp3) is 0.576. The molecule has 2 amide bonds. The second-order valence-corrected chi connectivity index (χ2v) is 19.6. The van der Waals surface area contributed by atoms with Gasteiger partial charge in [0.15, 0.2) is 0 Å². The number of methoxy groups -OCH3 is 1. The number of carbonyl (C=O) groups excluding carboxylic acids is 3. The number of hydrogen-bond donors (Lipinski definition) is 2. The zero-order valence-electron chi connectivity index (χ0n) is 28.7. The predicted octanol–water partition coefficient (Wildman–Crippen LogP) is 7.29. The minimum atomic E-state index is -1.25. The minimum Gasteiger partial charge on any atom is -0.460 e. The number of nitrogens with one attached hydrogen (secondary N) is 2. The number of aryl methyl sites for hydroxylation is 2. The first kappa shape index (κ1) is 37.5. The number of benzene rings is 1. The van der Waals surface area contributed by atoms with Crippen LogP contribution in [0.1, 0.15) is 65.8 Å². The SMILES string of the molecule is COC(=O)Nc1ccc(-c2cn(COCC[Si](C)(C)C)c(CCC=CNC(=O)OC(C)(C)C)n2)c(CCC(=O)OC(C)(C)C)c1. The van der Waals surface area contributed by atoms with E-state index in [2.05, 4.69) is 30.3 Å². The Balaban J connectivity index is 2.33. The molecule has 0 fully saturated rings. The number of carbonyl (C=O) groups is 3. The first-order valence-electron chi connectivity index (χ1n) is 15.3. The molecule has 0 radical (unpaired) electrons. The maximum atomic E-state index is 12.6. The topological polar surface area (TPSA) is 130 Å². The second-order valence-electron chi connectivity index (χ2n) is 14.0. The van der Waals surface area contributed by atoms with Crippen LogP contribution in [0.2, 0.25) is 25.7 Å². The van der Waals surface area contributed by atoms with Gasteiger partial charge < -0.3 is 23.5 Å². The number of allylic oxidation sites excluding steroid dienone is 1. The van der Waals surface area contributed by atoms with Crippen LogP contribution in [0.3, 0.4) is 0 Å². The van der Waals surface area contributed by atoms with Gasteiger partial charge in [0.2, 0.25) is 0 Å². The highest BCUT2D eigenvalue weighted by atomic mass is 28.3. The Bertz CT molecular complexity index is 1320. The van der Waals surface area contributed by atoms with Gasteiger partial charge in [-0.25, -0.2) is 14.6 Å². The van der Waals surface area contributed by atoms with Crippen molar-refractivity contribution in [3.63, 3.8) is 0 Å². The third-order valence-corrected chi connectivity index (χ3v) is 7.87. The molecule has 12 heteroatoms. The summed E-state index contributed by atoms with van der Waals surface area (Å²) < 4.78 is 23.6. The van der Waals surface area contributed by atoms with Crippen molar-refractivity contribution in [3.05, 3.63) is 48.1 Å². The molecule has 45 heavy (non-hydrogen) atoms. The maximum Gasteiger partial charge on any atom is 0.411 e. The molecule has 0 aliphatic carbocycles. The monoisotopic (exact) mass is 644 g/mol. The zero-order valence-corrected chi connectivity index (χ0v) is 29.7. The van der Waals surface area contributed by atoms with E-state index in [1.54, 1.807) is 12.3 Å². The lowest BCUT2D eigenvalue weighted by Crippen LogP contribution is -2.29. The number of esters is 1. The Labute approximate surface area is 269 Å². The number of anilines is 1. The molecule has 11 nitrogen and oxygen atoms in total. The van der Waals surface area contributed by atoms with Gasteiger partial charge >= 0.3 is 18.2 Å². The van der Waals surface area contributed by atoms with Crippen LogP contribution in [0.4, 0.5) is 15.3 Å². The summed E-state index contributed by atoms with van der Waals surface area (Å²) in [5, 5.41) is 5.32. The van der Waals surface area contributed by atoms with E-state index < -0.39 is 31.5 Å². The summed E-state index contributed by atoms with van der Waals surface area (Å²) in [5.41, 5.74) is 1.76. The average Bonchev–Trinajstić information content (AvgIpc) is 3.29. The summed E-state index contributed by atoms with van der Waals surface area (Å²) in [7, 11) is 0.0487. The first-order valence-corrected chi connectivity index (χ1v) is 19.0. The van der Waals surface area contributed by atoms with Gasteiger partial charge in [0.05, 0.1) is 12.8 Å². The van der Waals surface area contributed by atoms with Gasteiger partial charge in [-0.3, -0.25) is 15.4 Å². The molecule has 1 aromatic heterocycles. The van der Waals surface area contributed by atoms with Gasteiger partial charge in [-0.1, -0.05) is 31.8 Å². The van der Waals surface area contributed by atoms with Crippen LogP contribution in [0.25, 0.3) is 11.3 Å². The quantitative estimate of drug-likeness (QED) is 0.0949. The summed E-state index contributed by atoms with van der Waals surface area (Å²) in [4.78, 5) is 41.3. The standard InChI is InChI=1S/C33H52N4O7Si/c1-32(2,3)43-29(38)17-14-24-21-25(35-31(40)41-7)15-16-26(24)27-22-37(23-42-19-20-45(8,9)10)28(36-27)13-11-12-18-34-30(39)44-33(4,5)6/h12,15-16,18,21-22H,11,13-14,17,19-20,23H2,1-10H3,(H,34,39)(H,35,40). The highest BCUT2D eigenvalue weighted by Gasteiger charge is 2.19. The zero-order chi connectivity index (χ0) is 33.8. The predicted molar refractivity (Wildman–Crippen MR) is 179 cm³/mol. The molecule has 2 aromatic rings. The molecule has 0 aliphatic heterocycles. The lowest BCUT2D eigenvalue weighted by molar-refractivity contribution is -0.154. The third kappa shape index (κ3) is 15.3. The number of ether oxygens (including phenoxy) is 4. The normalized spacial score (nSPS) is 12.2. The summed E-state index contributed by atoms with van der Waals surface area (Å²) in [5.74, 6) is 0.503. The highest BCUT2D eigenvalue weighted by Crippen LogP contribution is 2.28. The van der Waals surface area contributed by atoms with Gasteiger partial charge in [0.1, 0.15) is 23.8 Å². The van der Waals surface area contributed by atoms with Crippen molar-refractivity contribution in [2.75, 3.05) is 19.0 Å². The number of rotatable bonds is 14. The van der Waals surface area contributed by atoms with Crippen LogP contribution < -0.4 is 10.6 Å². The van der Waals surface area contributed by atoms with E-state index >= 15 is 0 Å². The van der Waals surface area contributed by atoms with E-state index in [1.165, 1.54) is 7.11 Å². The van der Waals surface area contributed by atoms with E-state index in [0.29, 0.717) is 38.3 Å². The summed E-state index contributed by atoms with van der Waals surface area (Å²) in [6, 6.07) is 6.53. The summed E-state index contributed by atoms with van der Waals surface area (Å²) in [6.45, 7) is 18.9. The van der Waals surface area contributed by atoms with Crippen molar-refractivity contribution in [3.8, 4) is 11.3 Å². The molecule has 0 saturated carbocycles. The van der Waals surface area contributed by atoms with Crippen LogP contribution in [0.15, 0.2) is 36.7 Å². The van der Waals surface area contributed by atoms with E-state index in [9.17, 15) is 14.4 Å². The Morgan fingerprint density at radius 2 is 1.67 bits per heavy atom. The molecule has 0 bridgehead atoms. The number of hydrogen-bond acceptors (Lipinski definition) is 8. The lowest BCUT2D eigenvalue weighted by atomic mass is 9.99. The van der Waals surface area contributed by atoms with Crippen LogP contribution in [0, 0.1) is 0 Å². The van der Waals surface area contributed by atoms with Crippen molar-refractivity contribution >= 4 is 31.9 Å². The van der Waals surface area contributed by atoms with Crippen LogP contribution in [0.5, 0.6) is 0 Å². The Hall–Kier alpha value is -3.64. The van der Waals surface area contributed by atoms with Crippen molar-refractivity contribution < 1.29 is 33.3 Å². The molecule has 250 valence electrons. The van der Waals surface area contributed by atoms with Gasteiger partial charge in [-0.2, -0.15) is 0 Å². The molecule has 1 heterocycles. The number of alkyl carbamates (subject to hydrolysis) is 1. The molecule has 0 unspecified atom stereocenters. The highest BCUT2D eigenvalue weighted by molar-refractivity contribution is 6.76. The molecule has 0 saturated heterocycles. The van der Waals surface area contributed by atoms with Crippen LogP contribution in [-0.2, 0) is 43.3 Å². The lowest BCUT2D eigenvalue weighted by Gasteiger charge is -2.19. The largest absolute Gasteiger partial charge is 0.460 e. The fourth-order valence-corrected chi connectivity index (χ4v) is 4.85. The molecule has 0 spiro atoms. The number of imidazole rings is 1. The maximum absolute atomic E-state index is 12.6. The molecular weight excluding hydrogens is 592 g/mol. The van der Waals surface area contributed by atoms with Crippen molar-refractivity contribution in [2.45, 2.75) is 111 Å². The van der Waals surface area contributed by atoms with Crippen molar-refractivity contribution in [1.29, 1.82) is 0 Å². The minimum absolute atomic E-state index is 0.161. The van der Waals surface area contributed by atoms with Crippen molar-refractivity contribution in [2.24, 2.45) is 0 Å². The fourth-order valence-electron chi connectivity index (χ4n) is 4.09. The number of amides is 2. The Morgan fingerprint density at radius 3 is 2.29 bits per heavy atom. The van der Waals surface area contributed by atoms with Gasteiger partial charge in [-0.15, -0.1) is 0 Å². The third-order valence-electron chi connectivity index (χ3n) is 6.17. The molecule has 0 atom stereocenters. The molecule has 2 N–H and O–H groups in total. The average molecular weight is 645 g/mol. The van der Waals surface area contributed by atoms with E-state index in [0.717, 1.165) is 28.7 Å². The summed E-state index contributed by atoms with van der Waals surface area (Å²) >= 11 is 0. The van der Waals surface area contributed by atoms with Crippen molar-refractivity contribution in [1.82, 2.24) is 14.9 Å². The number of nitrogens with zero attached hydrogens (tertiary/aromatic N) is 2. The van der Waals surface area contributed by atoms with Gasteiger partial charge in [0.25, 0.3) is 0 Å². The molecular formula is C33H52N4O7Si. The molecule has 0 aliphatic rings. The van der Waals surface area contributed by atoms with E-state index in [-0.39, 0.29) is 12.4 Å². The molecule has 2 rings (SSSR count).